The number of likely N-dealkylation sites (tertiary alicyclic amines) is 1. The van der Waals surface area contributed by atoms with Crippen LogP contribution in [0.2, 0.25) is 0 Å². The topological polar surface area (TPSA) is 32.3 Å². The number of carbonyl (C=O) groups is 1. The van der Waals surface area contributed by atoms with E-state index in [-0.39, 0.29) is 17.8 Å². The Balaban J connectivity index is 0.00000161. The van der Waals surface area contributed by atoms with Gasteiger partial charge in [0.15, 0.2) is 0 Å². The molecule has 3 aliphatic rings. The van der Waals surface area contributed by atoms with Gasteiger partial charge in [-0.05, 0) is 50.5 Å². The van der Waals surface area contributed by atoms with Gasteiger partial charge in [-0.1, -0.05) is 26.7 Å². The molecule has 3 rings (SSSR count). The average molecular weight is 315 g/mol. The molecule has 21 heavy (non-hydrogen) atoms. The first kappa shape index (κ1) is 17.1. The van der Waals surface area contributed by atoms with Crippen molar-refractivity contribution in [1.29, 1.82) is 0 Å². The van der Waals surface area contributed by atoms with Crippen molar-refractivity contribution in [3.05, 3.63) is 0 Å². The van der Waals surface area contributed by atoms with Gasteiger partial charge in [-0.15, -0.1) is 12.4 Å². The maximum absolute atomic E-state index is 13.2. The second-order valence-electron chi connectivity index (χ2n) is 7.73. The lowest BCUT2D eigenvalue weighted by molar-refractivity contribution is -0.145. The van der Waals surface area contributed by atoms with Crippen LogP contribution in [0.25, 0.3) is 0 Å². The molecule has 0 radical (unpaired) electrons. The summed E-state index contributed by atoms with van der Waals surface area (Å²) in [5, 5.41) is 3.59. The molecule has 2 atom stereocenters. The zero-order valence-electron chi connectivity index (χ0n) is 13.6. The Morgan fingerprint density at radius 1 is 1.29 bits per heavy atom. The standard InChI is InChI=1S/C17H30N2O.ClH/c1-13(2)11-17(7-3-4-8-17)16(20)19-10-6-15-14(12-19)5-9-18-15;/h13-15,18H,3-12H2,1-2H3;1H. The number of carbonyl (C=O) groups excluding carboxylic acids is 1. The molecule has 0 aromatic carbocycles. The molecular formula is C17H31ClN2O. The number of piperidine rings is 1. The molecule has 1 saturated carbocycles. The van der Waals surface area contributed by atoms with Gasteiger partial charge in [0.05, 0.1) is 0 Å². The van der Waals surface area contributed by atoms with Crippen LogP contribution in [0.3, 0.4) is 0 Å². The number of hydrogen-bond acceptors (Lipinski definition) is 2. The van der Waals surface area contributed by atoms with Gasteiger partial charge in [0, 0.05) is 24.5 Å². The summed E-state index contributed by atoms with van der Waals surface area (Å²) in [7, 11) is 0. The smallest absolute Gasteiger partial charge is 0.228 e. The van der Waals surface area contributed by atoms with E-state index in [2.05, 4.69) is 24.1 Å². The molecule has 2 unspecified atom stereocenters. The fraction of sp³-hybridized carbons (Fsp3) is 0.941. The Morgan fingerprint density at radius 3 is 2.67 bits per heavy atom. The first-order chi connectivity index (χ1) is 9.61. The summed E-state index contributed by atoms with van der Waals surface area (Å²) in [6.07, 6.45) is 8.27. The lowest BCUT2D eigenvalue weighted by Gasteiger charge is -2.41. The highest BCUT2D eigenvalue weighted by molar-refractivity contribution is 5.85. The zero-order valence-corrected chi connectivity index (χ0v) is 14.4. The van der Waals surface area contributed by atoms with Gasteiger partial charge >= 0.3 is 0 Å². The van der Waals surface area contributed by atoms with Crippen LogP contribution in [0, 0.1) is 17.3 Å². The molecule has 0 spiro atoms. The lowest BCUT2D eigenvalue weighted by Crippen LogP contribution is -2.51. The summed E-state index contributed by atoms with van der Waals surface area (Å²) >= 11 is 0. The monoisotopic (exact) mass is 314 g/mol. The third-order valence-electron chi connectivity index (χ3n) is 5.76. The summed E-state index contributed by atoms with van der Waals surface area (Å²) < 4.78 is 0. The van der Waals surface area contributed by atoms with Gasteiger partial charge in [0.25, 0.3) is 0 Å². The number of amides is 1. The van der Waals surface area contributed by atoms with Crippen molar-refractivity contribution in [3.63, 3.8) is 0 Å². The Kier molecular flexibility index (Phi) is 5.59. The maximum atomic E-state index is 13.2. The molecule has 4 heteroatoms. The van der Waals surface area contributed by atoms with E-state index in [9.17, 15) is 4.79 Å². The first-order valence-corrected chi connectivity index (χ1v) is 8.63. The van der Waals surface area contributed by atoms with Gasteiger partial charge in [0.2, 0.25) is 5.91 Å². The average Bonchev–Trinajstić information content (AvgIpc) is 3.05. The molecule has 3 fully saturated rings. The fourth-order valence-electron chi connectivity index (χ4n) is 4.91. The quantitative estimate of drug-likeness (QED) is 0.867. The Hall–Kier alpha value is -0.280. The number of fused-ring (bicyclic) bond motifs is 1. The third-order valence-corrected chi connectivity index (χ3v) is 5.76. The van der Waals surface area contributed by atoms with Crippen molar-refractivity contribution in [2.24, 2.45) is 17.3 Å². The molecule has 0 aromatic rings. The van der Waals surface area contributed by atoms with Crippen LogP contribution in [0.15, 0.2) is 0 Å². The van der Waals surface area contributed by atoms with Crippen LogP contribution in [0.1, 0.15) is 58.8 Å². The Morgan fingerprint density at radius 2 is 2.00 bits per heavy atom. The summed E-state index contributed by atoms with van der Waals surface area (Å²) in [5.41, 5.74) is -0.00691. The highest BCUT2D eigenvalue weighted by atomic mass is 35.5. The minimum absolute atomic E-state index is 0. The first-order valence-electron chi connectivity index (χ1n) is 8.63. The summed E-state index contributed by atoms with van der Waals surface area (Å²) in [6, 6.07) is 0.684. The molecule has 3 nitrogen and oxygen atoms in total. The molecule has 1 amide bonds. The molecule has 0 bridgehead atoms. The van der Waals surface area contributed by atoms with E-state index in [1.165, 1.54) is 19.3 Å². The summed E-state index contributed by atoms with van der Waals surface area (Å²) in [5.74, 6) is 1.84. The molecular weight excluding hydrogens is 284 g/mol. The maximum Gasteiger partial charge on any atom is 0.228 e. The molecule has 1 N–H and O–H groups in total. The molecule has 2 saturated heterocycles. The van der Waals surface area contributed by atoms with Crippen LogP contribution < -0.4 is 5.32 Å². The SMILES string of the molecule is CC(C)CC1(C(=O)N2CCC3NCCC3C2)CCCC1.Cl. The molecule has 1 aliphatic carbocycles. The van der Waals surface area contributed by atoms with Crippen molar-refractivity contribution in [3.8, 4) is 0 Å². The predicted molar refractivity (Wildman–Crippen MR) is 88.7 cm³/mol. The second-order valence-corrected chi connectivity index (χ2v) is 7.73. The number of nitrogens with one attached hydrogen (secondary N) is 1. The van der Waals surface area contributed by atoms with Crippen molar-refractivity contribution < 1.29 is 4.79 Å². The van der Waals surface area contributed by atoms with Gasteiger partial charge in [0.1, 0.15) is 0 Å². The normalized spacial score (nSPS) is 31.1. The van der Waals surface area contributed by atoms with Gasteiger partial charge in [-0.2, -0.15) is 0 Å². The van der Waals surface area contributed by atoms with Crippen molar-refractivity contribution in [2.45, 2.75) is 64.8 Å². The predicted octanol–water partition coefficient (Wildman–Crippen LogP) is 3.23. The second kappa shape index (κ2) is 6.87. The van der Waals surface area contributed by atoms with Crippen molar-refractivity contribution in [1.82, 2.24) is 10.2 Å². The number of nitrogens with zero attached hydrogens (tertiary/aromatic N) is 1. The largest absolute Gasteiger partial charge is 0.342 e. The van der Waals surface area contributed by atoms with E-state index >= 15 is 0 Å². The summed E-state index contributed by atoms with van der Waals surface area (Å²) in [4.78, 5) is 15.4. The van der Waals surface area contributed by atoms with E-state index in [1.807, 2.05) is 0 Å². The van der Waals surface area contributed by atoms with Crippen molar-refractivity contribution in [2.75, 3.05) is 19.6 Å². The van der Waals surface area contributed by atoms with Crippen LogP contribution in [0.4, 0.5) is 0 Å². The number of halogens is 1. The van der Waals surface area contributed by atoms with Crippen LogP contribution in [0.5, 0.6) is 0 Å². The molecule has 122 valence electrons. The van der Waals surface area contributed by atoms with Gasteiger partial charge in [-0.3, -0.25) is 4.79 Å². The minimum Gasteiger partial charge on any atom is -0.342 e. The Labute approximate surface area is 135 Å². The van der Waals surface area contributed by atoms with E-state index in [1.54, 1.807) is 0 Å². The van der Waals surface area contributed by atoms with Crippen LogP contribution in [-0.2, 0) is 4.79 Å². The highest BCUT2D eigenvalue weighted by Crippen LogP contribution is 2.45. The van der Waals surface area contributed by atoms with E-state index in [0.29, 0.717) is 23.8 Å². The molecule has 2 heterocycles. The fourth-order valence-corrected chi connectivity index (χ4v) is 4.91. The highest BCUT2D eigenvalue weighted by Gasteiger charge is 2.45. The minimum atomic E-state index is -0.00691. The van der Waals surface area contributed by atoms with Crippen molar-refractivity contribution >= 4 is 18.3 Å². The third kappa shape index (κ3) is 3.39. The Bertz CT molecular complexity index is 366. The van der Waals surface area contributed by atoms with Crippen LogP contribution >= 0.6 is 12.4 Å². The van der Waals surface area contributed by atoms with E-state index in [0.717, 1.165) is 45.3 Å². The summed E-state index contributed by atoms with van der Waals surface area (Å²) in [6.45, 7) is 7.67. The van der Waals surface area contributed by atoms with E-state index < -0.39 is 0 Å². The van der Waals surface area contributed by atoms with Gasteiger partial charge < -0.3 is 10.2 Å². The molecule has 0 aromatic heterocycles. The molecule has 2 aliphatic heterocycles. The van der Waals surface area contributed by atoms with E-state index in [4.69, 9.17) is 0 Å². The van der Waals surface area contributed by atoms with Crippen LogP contribution in [-0.4, -0.2) is 36.5 Å². The van der Waals surface area contributed by atoms with Gasteiger partial charge in [-0.25, -0.2) is 0 Å². The zero-order chi connectivity index (χ0) is 14.2. The number of hydrogen-bond donors (Lipinski definition) is 1. The number of rotatable bonds is 3. The lowest BCUT2D eigenvalue weighted by atomic mass is 9.76.